The number of hydrogen-bond acceptors (Lipinski definition) is 11. The number of amides is 3. The average molecular weight is 917 g/mol. The molecule has 4 fully saturated rings. The molecule has 6 bridgehead atoms. The average Bonchev–Trinajstić information content (AvgIpc) is 3.85. The van der Waals surface area contributed by atoms with E-state index in [2.05, 4.69) is 70.6 Å². The number of aryl methyl sites for hydroxylation is 1. The number of rotatable bonds is 10. The smallest absolute Gasteiger partial charge is 0.324 e. The number of fused-ring (bicyclic) bond motifs is 6. The Bertz CT molecular complexity index is 2550. The van der Waals surface area contributed by atoms with Crippen molar-refractivity contribution >= 4 is 34.6 Å². The first-order valence-corrected chi connectivity index (χ1v) is 24.4. The van der Waals surface area contributed by atoms with E-state index in [9.17, 15) is 24.3 Å². The lowest BCUT2D eigenvalue weighted by atomic mass is 9.84. The van der Waals surface area contributed by atoms with E-state index in [0.717, 1.165) is 70.6 Å². The fourth-order valence-electron chi connectivity index (χ4n) is 11.3. The molecule has 0 saturated carbocycles. The van der Waals surface area contributed by atoms with Crippen LogP contribution in [0, 0.1) is 16.7 Å². The van der Waals surface area contributed by atoms with Crippen molar-refractivity contribution in [1.29, 1.82) is 0 Å². The van der Waals surface area contributed by atoms with Gasteiger partial charge in [0.2, 0.25) is 11.8 Å². The van der Waals surface area contributed by atoms with Gasteiger partial charge in [0, 0.05) is 86.9 Å². The highest BCUT2D eigenvalue weighted by molar-refractivity contribution is 5.96. The molecule has 358 valence electrons. The second-order valence-electron chi connectivity index (χ2n) is 20.8. The minimum absolute atomic E-state index is 0.00966. The van der Waals surface area contributed by atoms with Gasteiger partial charge >= 0.3 is 5.97 Å². The summed E-state index contributed by atoms with van der Waals surface area (Å²) in [6.45, 7) is 17.3. The van der Waals surface area contributed by atoms with Gasteiger partial charge in [-0.15, -0.1) is 0 Å². The van der Waals surface area contributed by atoms with Crippen molar-refractivity contribution in [3.05, 3.63) is 71.5 Å². The minimum Gasteiger partial charge on any atom is -0.508 e. The Morgan fingerprint density at radius 1 is 1.04 bits per heavy atom. The third-order valence-corrected chi connectivity index (χ3v) is 14.9. The highest BCUT2D eigenvalue weighted by Gasteiger charge is 2.54. The van der Waals surface area contributed by atoms with Crippen LogP contribution < -0.4 is 16.1 Å². The van der Waals surface area contributed by atoms with Gasteiger partial charge in [-0.05, 0) is 117 Å². The molecule has 15 nitrogen and oxygen atoms in total. The number of carbonyl (C=O) groups is 4. The van der Waals surface area contributed by atoms with Crippen LogP contribution in [-0.2, 0) is 48.0 Å². The number of phenols is 1. The van der Waals surface area contributed by atoms with Crippen LogP contribution in [0.15, 0.2) is 54.7 Å². The van der Waals surface area contributed by atoms with Gasteiger partial charge in [-0.1, -0.05) is 39.8 Å². The fraction of sp³-hybridized carbons (Fsp3) is 0.558. The molecule has 0 unspecified atom stereocenters. The zero-order valence-electron chi connectivity index (χ0n) is 40.2. The first kappa shape index (κ1) is 46.7. The van der Waals surface area contributed by atoms with Gasteiger partial charge in [0.05, 0.1) is 29.5 Å². The summed E-state index contributed by atoms with van der Waals surface area (Å²) in [6, 6.07) is 13.5. The van der Waals surface area contributed by atoms with Crippen molar-refractivity contribution in [3.63, 3.8) is 0 Å². The molecule has 0 aliphatic carbocycles. The zero-order valence-corrected chi connectivity index (χ0v) is 40.2. The Hall–Kier alpha value is -5.35. The van der Waals surface area contributed by atoms with E-state index in [1.165, 1.54) is 5.01 Å². The Kier molecular flexibility index (Phi) is 13.0. The topological polar surface area (TPSA) is 181 Å². The van der Waals surface area contributed by atoms with Crippen LogP contribution in [0.5, 0.6) is 5.75 Å². The van der Waals surface area contributed by atoms with Crippen molar-refractivity contribution in [1.82, 2.24) is 40.4 Å². The number of ether oxygens (including phenoxy) is 2. The number of cyclic esters (lactones) is 1. The minimum atomic E-state index is -1.10. The monoisotopic (exact) mass is 917 g/mol. The molecular weight excluding hydrogens is 849 g/mol. The predicted octanol–water partition coefficient (Wildman–Crippen LogP) is 5.37. The molecule has 5 aliphatic heterocycles. The SMILES string of the molecule is CCn1c(-c2cccnc2[C@H](C)OC)c2c3cc(ccc31)-c1cc(O)cc(c1)C[C@H](NC(=O)[C@H](C(C)C)N1CC[C@]3(CCN(C[C@@H]4CN4)C3)C1=O)C(=O)N1CCC[C@H](N1)C(=O)OCC(C)(C)C2. The molecule has 6 atom stereocenters. The van der Waals surface area contributed by atoms with E-state index in [4.69, 9.17) is 14.5 Å². The molecule has 9 rings (SSSR count). The molecular formula is C52H68N8O7. The predicted molar refractivity (Wildman–Crippen MR) is 256 cm³/mol. The highest BCUT2D eigenvalue weighted by atomic mass is 16.5. The van der Waals surface area contributed by atoms with E-state index in [-0.39, 0.29) is 36.7 Å². The van der Waals surface area contributed by atoms with Crippen LogP contribution in [0.3, 0.4) is 0 Å². The standard InChI is InChI=1S/C52H68N8O7/c1-8-58-43-14-13-34-25-39(43)40(46(58)38-11-9-17-53-44(38)32(4)66-7)26-51(5,6)30-67-49(64)41-12-10-18-60(56-41)48(63)42(23-33-21-35(34)24-37(61)22-33)55-47(62)45(31(2)3)59-20-16-52(50(59)65)15-19-57(29-52)28-36-27-54-36/h9,11,13-14,17,21-22,24-25,31-32,36,41-42,45,54,56,61H,8,10,12,15-16,18-20,23,26-30H2,1-7H3,(H,55,62)/t32-,36-,41-,42-,45-,52-/m0/s1. The second-order valence-corrected chi connectivity index (χ2v) is 20.8. The molecule has 2 aromatic heterocycles. The largest absolute Gasteiger partial charge is 0.508 e. The number of nitrogens with one attached hydrogen (secondary N) is 3. The maximum atomic E-state index is 14.8. The van der Waals surface area contributed by atoms with Crippen LogP contribution in [-0.4, -0.2) is 130 Å². The number of methoxy groups -OCH3 is 1. The number of benzene rings is 2. The van der Waals surface area contributed by atoms with Crippen LogP contribution >= 0.6 is 0 Å². The molecule has 4 aromatic rings. The molecule has 4 N–H and O–H groups in total. The number of hydrazine groups is 1. The Morgan fingerprint density at radius 2 is 1.84 bits per heavy atom. The summed E-state index contributed by atoms with van der Waals surface area (Å²) in [5.74, 6) is -1.47. The fourth-order valence-corrected chi connectivity index (χ4v) is 11.3. The summed E-state index contributed by atoms with van der Waals surface area (Å²) in [7, 11) is 1.68. The lowest BCUT2D eigenvalue weighted by Gasteiger charge is -2.37. The van der Waals surface area contributed by atoms with E-state index < -0.39 is 46.7 Å². The third-order valence-electron chi connectivity index (χ3n) is 14.9. The second kappa shape index (κ2) is 18.6. The number of aromatic nitrogens is 2. The van der Waals surface area contributed by atoms with Gasteiger partial charge < -0.3 is 39.6 Å². The van der Waals surface area contributed by atoms with Crippen molar-refractivity contribution in [2.24, 2.45) is 16.7 Å². The molecule has 15 heteroatoms. The number of likely N-dealkylation sites (tertiary alicyclic amines) is 2. The lowest BCUT2D eigenvalue weighted by molar-refractivity contribution is -0.155. The zero-order chi connectivity index (χ0) is 47.4. The lowest BCUT2D eigenvalue weighted by Crippen LogP contribution is -2.62. The molecule has 2 aromatic carbocycles. The summed E-state index contributed by atoms with van der Waals surface area (Å²) in [5.41, 5.74) is 9.30. The molecule has 5 aliphatic rings. The van der Waals surface area contributed by atoms with Crippen LogP contribution in [0.2, 0.25) is 0 Å². The van der Waals surface area contributed by atoms with E-state index >= 15 is 0 Å². The molecule has 3 amide bonds. The Labute approximate surface area is 393 Å². The van der Waals surface area contributed by atoms with Crippen molar-refractivity contribution in [2.45, 2.75) is 117 Å². The van der Waals surface area contributed by atoms with Gasteiger partial charge in [-0.25, -0.2) is 5.43 Å². The van der Waals surface area contributed by atoms with Crippen LogP contribution in [0.1, 0.15) is 90.2 Å². The third kappa shape index (κ3) is 9.32. The summed E-state index contributed by atoms with van der Waals surface area (Å²) < 4.78 is 14.3. The first-order valence-electron chi connectivity index (χ1n) is 24.4. The van der Waals surface area contributed by atoms with Gasteiger partial charge in [-0.2, -0.15) is 0 Å². The number of nitrogens with zero attached hydrogens (tertiary/aromatic N) is 5. The number of esters is 1. The van der Waals surface area contributed by atoms with Crippen LogP contribution in [0.25, 0.3) is 33.3 Å². The normalized spacial score (nSPS) is 25.4. The number of carbonyl (C=O) groups excluding carboxylic acids is 4. The Morgan fingerprint density at radius 3 is 2.58 bits per heavy atom. The summed E-state index contributed by atoms with van der Waals surface area (Å²) in [6.07, 6.45) is 4.59. The van der Waals surface area contributed by atoms with Crippen molar-refractivity contribution < 1.29 is 33.8 Å². The number of pyridine rings is 1. The number of hydrogen-bond donors (Lipinski definition) is 4. The van der Waals surface area contributed by atoms with Crippen molar-refractivity contribution in [2.75, 3.05) is 53.0 Å². The molecule has 4 saturated heterocycles. The van der Waals surface area contributed by atoms with E-state index in [1.54, 1.807) is 30.3 Å². The molecule has 0 radical (unpaired) electrons. The van der Waals surface area contributed by atoms with Crippen molar-refractivity contribution in [3.8, 4) is 28.1 Å². The van der Waals surface area contributed by atoms with E-state index in [1.807, 2.05) is 32.9 Å². The van der Waals surface area contributed by atoms with Gasteiger partial charge in [-0.3, -0.25) is 29.2 Å². The maximum Gasteiger partial charge on any atom is 0.324 e. The molecule has 67 heavy (non-hydrogen) atoms. The summed E-state index contributed by atoms with van der Waals surface area (Å²) in [4.78, 5) is 66.9. The summed E-state index contributed by atoms with van der Waals surface area (Å²) >= 11 is 0. The summed E-state index contributed by atoms with van der Waals surface area (Å²) in [5, 5.41) is 20.3. The first-order chi connectivity index (χ1) is 32.1. The van der Waals surface area contributed by atoms with E-state index in [0.29, 0.717) is 63.5 Å². The Balaban J connectivity index is 1.10. The number of phenolic OH excluding ortho intramolecular Hbond substituents is 1. The van der Waals surface area contributed by atoms with Crippen LogP contribution in [0.4, 0.5) is 0 Å². The molecule has 1 spiro atoms. The highest BCUT2D eigenvalue weighted by Crippen LogP contribution is 2.44. The number of aromatic hydroxyl groups is 1. The van der Waals surface area contributed by atoms with Gasteiger partial charge in [0.1, 0.15) is 23.9 Å². The quantitative estimate of drug-likeness (QED) is 0.119. The van der Waals surface area contributed by atoms with Gasteiger partial charge in [0.15, 0.2) is 0 Å². The maximum absolute atomic E-state index is 14.8. The van der Waals surface area contributed by atoms with Gasteiger partial charge in [0.25, 0.3) is 5.91 Å². The molecule has 7 heterocycles.